The summed E-state index contributed by atoms with van der Waals surface area (Å²) in [4.78, 5) is 0. The van der Waals surface area contributed by atoms with Crippen LogP contribution in [0.5, 0.6) is 11.5 Å². The van der Waals surface area contributed by atoms with Crippen molar-refractivity contribution in [1.29, 1.82) is 0 Å². The van der Waals surface area contributed by atoms with Crippen molar-refractivity contribution in [1.82, 2.24) is 0 Å². The van der Waals surface area contributed by atoms with Crippen molar-refractivity contribution in [2.45, 2.75) is 20.1 Å². The second kappa shape index (κ2) is 6.64. The summed E-state index contributed by atoms with van der Waals surface area (Å²) in [5.41, 5.74) is 2.90. The Hall–Kier alpha value is -1.71. The minimum absolute atomic E-state index is 0.132. The van der Waals surface area contributed by atoms with Crippen molar-refractivity contribution in [3.8, 4) is 11.5 Å². The van der Waals surface area contributed by atoms with Gasteiger partial charge in [0.15, 0.2) is 11.5 Å². The highest BCUT2D eigenvalue weighted by atomic mass is 35.5. The lowest BCUT2D eigenvalue weighted by Gasteiger charge is -2.14. The van der Waals surface area contributed by atoms with E-state index in [2.05, 4.69) is 0 Å². The SMILES string of the molecule is COc1cc(CO)c(Cl)cc1OCc1ccccc1C. The normalized spacial score (nSPS) is 10.4. The van der Waals surface area contributed by atoms with Crippen molar-refractivity contribution in [3.05, 3.63) is 58.1 Å². The molecule has 0 unspecified atom stereocenters. The monoisotopic (exact) mass is 292 g/mol. The summed E-state index contributed by atoms with van der Waals surface area (Å²) in [6.45, 7) is 2.35. The fraction of sp³-hybridized carbons (Fsp3) is 0.250. The smallest absolute Gasteiger partial charge is 0.163 e. The van der Waals surface area contributed by atoms with Gasteiger partial charge in [0.05, 0.1) is 18.7 Å². The number of aryl methyl sites for hydroxylation is 1. The molecule has 0 amide bonds. The summed E-state index contributed by atoms with van der Waals surface area (Å²) in [7, 11) is 1.56. The maximum absolute atomic E-state index is 9.19. The van der Waals surface area contributed by atoms with Crippen LogP contribution in [0, 0.1) is 6.92 Å². The molecular weight excluding hydrogens is 276 g/mol. The van der Waals surface area contributed by atoms with Crippen molar-refractivity contribution >= 4 is 11.6 Å². The van der Waals surface area contributed by atoms with Crippen LogP contribution < -0.4 is 9.47 Å². The van der Waals surface area contributed by atoms with E-state index in [1.54, 1.807) is 19.2 Å². The summed E-state index contributed by atoms with van der Waals surface area (Å²) in [6, 6.07) is 11.4. The number of ether oxygens (including phenoxy) is 2. The number of aliphatic hydroxyl groups excluding tert-OH is 1. The van der Waals surface area contributed by atoms with Gasteiger partial charge in [-0.15, -0.1) is 0 Å². The molecule has 0 fully saturated rings. The van der Waals surface area contributed by atoms with Gasteiger partial charge in [-0.25, -0.2) is 0 Å². The number of benzene rings is 2. The van der Waals surface area contributed by atoms with E-state index in [4.69, 9.17) is 21.1 Å². The van der Waals surface area contributed by atoms with Crippen LogP contribution in [0.1, 0.15) is 16.7 Å². The third-order valence-corrected chi connectivity index (χ3v) is 3.50. The Morgan fingerprint density at radius 3 is 2.50 bits per heavy atom. The molecule has 2 rings (SSSR count). The first-order chi connectivity index (χ1) is 9.65. The number of rotatable bonds is 5. The van der Waals surface area contributed by atoms with E-state index in [9.17, 15) is 5.11 Å². The highest BCUT2D eigenvalue weighted by molar-refractivity contribution is 6.31. The van der Waals surface area contributed by atoms with Gasteiger partial charge in [-0.3, -0.25) is 0 Å². The van der Waals surface area contributed by atoms with Crippen LogP contribution >= 0.6 is 11.6 Å². The largest absolute Gasteiger partial charge is 0.493 e. The van der Waals surface area contributed by atoms with Crippen LogP contribution in [0.4, 0.5) is 0 Å². The second-order valence-corrected chi connectivity index (χ2v) is 4.87. The summed E-state index contributed by atoms with van der Waals surface area (Å²) in [5, 5.41) is 9.66. The molecular formula is C16H17ClO3. The summed E-state index contributed by atoms with van der Waals surface area (Å²) < 4.78 is 11.1. The molecule has 0 radical (unpaired) electrons. The Morgan fingerprint density at radius 2 is 1.85 bits per heavy atom. The van der Waals surface area contributed by atoms with E-state index in [0.29, 0.717) is 28.7 Å². The van der Waals surface area contributed by atoms with E-state index in [-0.39, 0.29) is 6.61 Å². The zero-order chi connectivity index (χ0) is 14.5. The average molecular weight is 293 g/mol. The number of methoxy groups -OCH3 is 1. The molecule has 20 heavy (non-hydrogen) atoms. The molecule has 2 aromatic carbocycles. The molecule has 0 aliphatic rings. The lowest BCUT2D eigenvalue weighted by molar-refractivity contribution is 0.274. The van der Waals surface area contributed by atoms with Crippen LogP contribution in [0.15, 0.2) is 36.4 Å². The topological polar surface area (TPSA) is 38.7 Å². The van der Waals surface area contributed by atoms with E-state index >= 15 is 0 Å². The molecule has 0 saturated heterocycles. The third kappa shape index (κ3) is 3.24. The molecule has 0 aliphatic heterocycles. The highest BCUT2D eigenvalue weighted by Gasteiger charge is 2.10. The second-order valence-electron chi connectivity index (χ2n) is 4.47. The minimum atomic E-state index is -0.132. The first-order valence-corrected chi connectivity index (χ1v) is 6.68. The first kappa shape index (κ1) is 14.7. The summed E-state index contributed by atoms with van der Waals surface area (Å²) >= 11 is 6.08. The average Bonchev–Trinajstić information content (AvgIpc) is 2.46. The Balaban J connectivity index is 2.21. The predicted octanol–water partition coefficient (Wildman–Crippen LogP) is 3.73. The number of hydrogen-bond donors (Lipinski definition) is 1. The Bertz CT molecular complexity index is 596. The molecule has 0 aromatic heterocycles. The molecule has 106 valence electrons. The lowest BCUT2D eigenvalue weighted by atomic mass is 10.1. The predicted molar refractivity (Wildman–Crippen MR) is 79.4 cm³/mol. The van der Waals surface area contributed by atoms with Gasteiger partial charge >= 0.3 is 0 Å². The van der Waals surface area contributed by atoms with Crippen molar-refractivity contribution in [3.63, 3.8) is 0 Å². The molecule has 0 aliphatic carbocycles. The van der Waals surface area contributed by atoms with Crippen molar-refractivity contribution in [2.75, 3.05) is 7.11 Å². The molecule has 3 nitrogen and oxygen atoms in total. The zero-order valence-electron chi connectivity index (χ0n) is 11.5. The maximum atomic E-state index is 9.19. The van der Waals surface area contributed by atoms with E-state index in [1.165, 1.54) is 5.56 Å². The van der Waals surface area contributed by atoms with Gasteiger partial charge in [0.25, 0.3) is 0 Å². The summed E-state index contributed by atoms with van der Waals surface area (Å²) in [5.74, 6) is 1.13. The maximum Gasteiger partial charge on any atom is 0.163 e. The Labute approximate surface area is 123 Å². The molecule has 1 N–H and O–H groups in total. The quantitative estimate of drug-likeness (QED) is 0.912. The van der Waals surface area contributed by atoms with Crippen LogP contribution in [0.2, 0.25) is 5.02 Å². The lowest BCUT2D eigenvalue weighted by Crippen LogP contribution is -2.00. The van der Waals surface area contributed by atoms with Gasteiger partial charge in [0, 0.05) is 6.07 Å². The molecule has 2 aromatic rings. The number of halogens is 1. The summed E-state index contributed by atoms with van der Waals surface area (Å²) in [6.07, 6.45) is 0. The van der Waals surface area contributed by atoms with Gasteiger partial charge in [0.2, 0.25) is 0 Å². The molecule has 0 heterocycles. The van der Waals surface area contributed by atoms with Gasteiger partial charge in [-0.2, -0.15) is 0 Å². The third-order valence-electron chi connectivity index (χ3n) is 3.15. The fourth-order valence-electron chi connectivity index (χ4n) is 1.90. The Kier molecular flexibility index (Phi) is 4.88. The standard InChI is InChI=1S/C16H17ClO3/c1-11-5-3-4-6-12(11)10-20-16-8-14(17)13(9-18)7-15(16)19-2/h3-8,18H,9-10H2,1-2H3. The first-order valence-electron chi connectivity index (χ1n) is 6.30. The fourth-order valence-corrected chi connectivity index (χ4v) is 2.11. The molecule has 0 bridgehead atoms. The van der Waals surface area contributed by atoms with E-state index in [1.807, 2.05) is 31.2 Å². The van der Waals surface area contributed by atoms with Gasteiger partial charge in [-0.05, 0) is 29.7 Å². The van der Waals surface area contributed by atoms with Crippen molar-refractivity contribution in [2.24, 2.45) is 0 Å². The van der Waals surface area contributed by atoms with Crippen LogP contribution in [0.25, 0.3) is 0 Å². The minimum Gasteiger partial charge on any atom is -0.493 e. The van der Waals surface area contributed by atoms with Gasteiger partial charge in [-0.1, -0.05) is 35.9 Å². The van der Waals surface area contributed by atoms with Crippen LogP contribution in [-0.2, 0) is 13.2 Å². The van der Waals surface area contributed by atoms with E-state index in [0.717, 1.165) is 5.56 Å². The molecule has 0 atom stereocenters. The number of hydrogen-bond acceptors (Lipinski definition) is 3. The molecule has 0 saturated carbocycles. The van der Waals surface area contributed by atoms with Gasteiger partial charge in [0.1, 0.15) is 6.61 Å². The zero-order valence-corrected chi connectivity index (χ0v) is 12.3. The number of aliphatic hydroxyl groups is 1. The van der Waals surface area contributed by atoms with Crippen molar-refractivity contribution < 1.29 is 14.6 Å². The Morgan fingerprint density at radius 1 is 1.10 bits per heavy atom. The van der Waals surface area contributed by atoms with E-state index < -0.39 is 0 Å². The highest BCUT2D eigenvalue weighted by Crippen LogP contribution is 2.34. The van der Waals surface area contributed by atoms with Crippen LogP contribution in [0.3, 0.4) is 0 Å². The molecule has 0 spiro atoms. The van der Waals surface area contributed by atoms with Crippen LogP contribution in [-0.4, -0.2) is 12.2 Å². The van der Waals surface area contributed by atoms with Gasteiger partial charge < -0.3 is 14.6 Å². The molecule has 4 heteroatoms.